The molecule has 5 heteroatoms. The van der Waals surface area contributed by atoms with E-state index >= 15 is 0 Å². The first-order chi connectivity index (χ1) is 8.38. The molecule has 0 fully saturated rings. The Morgan fingerprint density at radius 3 is 2.28 bits per heavy atom. The fourth-order valence-corrected chi connectivity index (χ4v) is 1.32. The van der Waals surface area contributed by atoms with Crippen LogP contribution in [0.1, 0.15) is 20.8 Å². The quantitative estimate of drug-likeness (QED) is 0.824. The standard InChI is InChI=1S/C13H17F2NO2/c1-8(2)7-18-13(17)9(3)16-12-5-10(14)4-11(15)6-12/h4-6,8-9,16H,7H2,1-3H3. The average Bonchev–Trinajstić information content (AvgIpc) is 2.24. The second kappa shape index (κ2) is 6.33. The van der Waals surface area contributed by atoms with Crippen LogP contribution in [0.2, 0.25) is 0 Å². The maximum absolute atomic E-state index is 12.9. The normalized spacial score (nSPS) is 12.3. The number of carbonyl (C=O) groups excluding carboxylic acids is 1. The van der Waals surface area contributed by atoms with Gasteiger partial charge in [0.1, 0.15) is 17.7 Å². The monoisotopic (exact) mass is 257 g/mol. The Hall–Kier alpha value is -1.65. The zero-order valence-corrected chi connectivity index (χ0v) is 10.7. The molecule has 1 N–H and O–H groups in total. The minimum Gasteiger partial charge on any atom is -0.464 e. The molecule has 0 heterocycles. The minimum absolute atomic E-state index is 0.210. The highest BCUT2D eigenvalue weighted by Gasteiger charge is 2.15. The van der Waals surface area contributed by atoms with E-state index in [4.69, 9.17) is 4.74 Å². The van der Waals surface area contributed by atoms with Gasteiger partial charge in [0.2, 0.25) is 0 Å². The Kier molecular flexibility index (Phi) is 5.07. The first-order valence-electron chi connectivity index (χ1n) is 5.77. The van der Waals surface area contributed by atoms with Crippen molar-refractivity contribution in [2.45, 2.75) is 26.8 Å². The van der Waals surface area contributed by atoms with Gasteiger partial charge in [-0.3, -0.25) is 0 Å². The van der Waals surface area contributed by atoms with Crippen LogP contribution in [0.4, 0.5) is 14.5 Å². The van der Waals surface area contributed by atoms with E-state index in [0.717, 1.165) is 18.2 Å². The Morgan fingerprint density at radius 1 is 1.22 bits per heavy atom. The predicted molar refractivity (Wildman–Crippen MR) is 65.2 cm³/mol. The summed E-state index contributed by atoms with van der Waals surface area (Å²) in [6.45, 7) is 5.74. The second-order valence-corrected chi connectivity index (χ2v) is 4.55. The van der Waals surface area contributed by atoms with Gasteiger partial charge in [-0.1, -0.05) is 13.8 Å². The fourth-order valence-electron chi connectivity index (χ4n) is 1.32. The van der Waals surface area contributed by atoms with E-state index in [0.29, 0.717) is 6.61 Å². The molecule has 0 saturated carbocycles. The molecule has 0 amide bonds. The van der Waals surface area contributed by atoms with Gasteiger partial charge in [0, 0.05) is 11.8 Å². The summed E-state index contributed by atoms with van der Waals surface area (Å²) in [5.41, 5.74) is 0.210. The number of hydrogen-bond donors (Lipinski definition) is 1. The van der Waals surface area contributed by atoms with E-state index in [1.165, 1.54) is 0 Å². The van der Waals surface area contributed by atoms with E-state index in [2.05, 4.69) is 5.32 Å². The molecule has 18 heavy (non-hydrogen) atoms. The molecule has 0 aliphatic heterocycles. The van der Waals surface area contributed by atoms with Crippen LogP contribution in [0.15, 0.2) is 18.2 Å². The van der Waals surface area contributed by atoms with E-state index in [-0.39, 0.29) is 11.6 Å². The summed E-state index contributed by atoms with van der Waals surface area (Å²) in [6, 6.07) is 2.35. The minimum atomic E-state index is -0.694. The molecular formula is C13H17F2NO2. The fraction of sp³-hybridized carbons (Fsp3) is 0.462. The third kappa shape index (κ3) is 4.69. The number of esters is 1. The van der Waals surface area contributed by atoms with Crippen molar-refractivity contribution < 1.29 is 18.3 Å². The highest BCUT2D eigenvalue weighted by atomic mass is 19.1. The van der Waals surface area contributed by atoms with Crippen molar-refractivity contribution in [1.29, 1.82) is 0 Å². The Balaban J connectivity index is 2.58. The van der Waals surface area contributed by atoms with Crippen LogP contribution in [0.25, 0.3) is 0 Å². The molecule has 1 aromatic rings. The van der Waals surface area contributed by atoms with Gasteiger partial charge in [-0.2, -0.15) is 0 Å². The first-order valence-corrected chi connectivity index (χ1v) is 5.77. The SMILES string of the molecule is CC(C)COC(=O)C(C)Nc1cc(F)cc(F)c1. The lowest BCUT2D eigenvalue weighted by Crippen LogP contribution is -2.29. The number of anilines is 1. The third-order valence-electron chi connectivity index (χ3n) is 2.16. The lowest BCUT2D eigenvalue weighted by molar-refractivity contribution is -0.145. The van der Waals surface area contributed by atoms with E-state index in [1.54, 1.807) is 6.92 Å². The lowest BCUT2D eigenvalue weighted by Gasteiger charge is -2.15. The molecule has 0 aromatic heterocycles. The first kappa shape index (κ1) is 14.4. The molecule has 0 bridgehead atoms. The summed E-state index contributed by atoms with van der Waals surface area (Å²) in [5, 5.41) is 2.69. The molecule has 100 valence electrons. The van der Waals surface area contributed by atoms with Gasteiger partial charge in [0.05, 0.1) is 6.61 Å². The van der Waals surface area contributed by atoms with Gasteiger partial charge in [-0.15, -0.1) is 0 Å². The third-order valence-corrected chi connectivity index (χ3v) is 2.16. The highest BCUT2D eigenvalue weighted by molar-refractivity contribution is 5.78. The summed E-state index contributed by atoms with van der Waals surface area (Å²) in [7, 11) is 0. The number of benzene rings is 1. The Morgan fingerprint density at radius 2 is 1.78 bits per heavy atom. The molecule has 1 atom stereocenters. The number of hydrogen-bond acceptors (Lipinski definition) is 3. The molecule has 3 nitrogen and oxygen atoms in total. The molecule has 1 rings (SSSR count). The summed E-state index contributed by atoms with van der Waals surface area (Å²) in [5.74, 6) is -1.60. The van der Waals surface area contributed by atoms with E-state index in [1.807, 2.05) is 13.8 Å². The molecule has 0 radical (unpaired) electrons. The van der Waals surface area contributed by atoms with Crippen molar-refractivity contribution in [3.63, 3.8) is 0 Å². The number of halogens is 2. The number of ether oxygens (including phenoxy) is 1. The molecule has 0 aliphatic carbocycles. The summed E-state index contributed by atoms with van der Waals surface area (Å²) in [6.07, 6.45) is 0. The van der Waals surface area contributed by atoms with Gasteiger partial charge in [-0.05, 0) is 25.0 Å². The molecule has 0 saturated heterocycles. The van der Waals surface area contributed by atoms with Gasteiger partial charge in [0.15, 0.2) is 0 Å². The maximum Gasteiger partial charge on any atom is 0.328 e. The van der Waals surface area contributed by atoms with Crippen molar-refractivity contribution in [2.24, 2.45) is 5.92 Å². The summed E-state index contributed by atoms with van der Waals surface area (Å²) >= 11 is 0. The lowest BCUT2D eigenvalue weighted by atomic mass is 10.2. The maximum atomic E-state index is 12.9. The van der Waals surface area contributed by atoms with Crippen LogP contribution in [0, 0.1) is 17.6 Å². The van der Waals surface area contributed by atoms with Crippen LogP contribution in [0.5, 0.6) is 0 Å². The van der Waals surface area contributed by atoms with Crippen molar-refractivity contribution >= 4 is 11.7 Å². The van der Waals surface area contributed by atoms with Crippen molar-refractivity contribution in [3.8, 4) is 0 Å². The molecule has 1 unspecified atom stereocenters. The van der Waals surface area contributed by atoms with Crippen LogP contribution in [-0.2, 0) is 9.53 Å². The zero-order valence-electron chi connectivity index (χ0n) is 10.7. The van der Waals surface area contributed by atoms with Gasteiger partial charge >= 0.3 is 5.97 Å². The van der Waals surface area contributed by atoms with E-state index < -0.39 is 23.6 Å². The largest absolute Gasteiger partial charge is 0.464 e. The van der Waals surface area contributed by atoms with Crippen LogP contribution in [0.3, 0.4) is 0 Å². The predicted octanol–water partition coefficient (Wildman–Crippen LogP) is 2.96. The van der Waals surface area contributed by atoms with Crippen LogP contribution < -0.4 is 5.32 Å². The van der Waals surface area contributed by atoms with E-state index in [9.17, 15) is 13.6 Å². The number of nitrogens with one attached hydrogen (secondary N) is 1. The van der Waals surface area contributed by atoms with Crippen molar-refractivity contribution in [1.82, 2.24) is 0 Å². The highest BCUT2D eigenvalue weighted by Crippen LogP contribution is 2.14. The second-order valence-electron chi connectivity index (χ2n) is 4.55. The van der Waals surface area contributed by atoms with Crippen LogP contribution >= 0.6 is 0 Å². The molecule has 0 aliphatic rings. The number of rotatable bonds is 5. The average molecular weight is 257 g/mol. The van der Waals surface area contributed by atoms with Crippen molar-refractivity contribution in [2.75, 3.05) is 11.9 Å². The summed E-state index contributed by atoms with van der Waals surface area (Å²) < 4.78 is 30.9. The number of carbonyl (C=O) groups is 1. The Labute approximate surface area is 105 Å². The van der Waals surface area contributed by atoms with Gasteiger partial charge in [-0.25, -0.2) is 13.6 Å². The van der Waals surface area contributed by atoms with Gasteiger partial charge in [0.25, 0.3) is 0 Å². The smallest absolute Gasteiger partial charge is 0.328 e. The zero-order chi connectivity index (χ0) is 13.7. The molecule has 0 spiro atoms. The molecule has 1 aromatic carbocycles. The topological polar surface area (TPSA) is 38.3 Å². The molecular weight excluding hydrogens is 240 g/mol. The van der Waals surface area contributed by atoms with Crippen LogP contribution in [-0.4, -0.2) is 18.6 Å². The van der Waals surface area contributed by atoms with Gasteiger partial charge < -0.3 is 10.1 Å². The summed E-state index contributed by atoms with van der Waals surface area (Å²) in [4.78, 5) is 11.5. The van der Waals surface area contributed by atoms with Crippen molar-refractivity contribution in [3.05, 3.63) is 29.8 Å². The Bertz CT molecular complexity index is 401.